The summed E-state index contributed by atoms with van der Waals surface area (Å²) in [5.41, 5.74) is 2.89. The molecule has 3 rings (SSSR count). The van der Waals surface area contributed by atoms with Crippen LogP contribution >= 0.6 is 0 Å². The Kier molecular flexibility index (Phi) is 1.95. The van der Waals surface area contributed by atoms with Crippen LogP contribution in [-0.2, 0) is 6.42 Å². The monoisotopic (exact) mass is 195 g/mol. The van der Waals surface area contributed by atoms with Crippen LogP contribution in [0.15, 0.2) is 54.9 Å². The maximum atomic E-state index is 2.23. The summed E-state index contributed by atoms with van der Waals surface area (Å²) in [7, 11) is 0. The molecule has 0 amide bonds. The maximum Gasteiger partial charge on any atom is 0.117 e. The van der Waals surface area contributed by atoms with Crippen LogP contribution in [0.4, 0.5) is 0 Å². The number of aryl methyl sites for hydroxylation is 1. The predicted octanol–water partition coefficient (Wildman–Crippen LogP) is 2.35. The van der Waals surface area contributed by atoms with E-state index in [1.807, 2.05) is 0 Å². The maximum absolute atomic E-state index is 2.23. The van der Waals surface area contributed by atoms with Gasteiger partial charge in [-0.1, -0.05) is 41.8 Å². The quantitative estimate of drug-likeness (QED) is 0.486. The van der Waals surface area contributed by atoms with Crippen LogP contribution in [0.3, 0.4) is 0 Å². The van der Waals surface area contributed by atoms with E-state index < -0.39 is 0 Å². The van der Waals surface area contributed by atoms with Crippen molar-refractivity contribution in [2.45, 2.75) is 12.8 Å². The van der Waals surface area contributed by atoms with E-state index >= 15 is 0 Å². The molecule has 1 nitrogen and oxygen atoms in total. The Bertz CT molecular complexity index is 462. The molecule has 0 unspecified atom stereocenters. The molecule has 0 saturated heterocycles. The van der Waals surface area contributed by atoms with Gasteiger partial charge in [-0.25, -0.2) is 0 Å². The third kappa shape index (κ3) is 1.40. The molecule has 0 N–H and O–H groups in total. The minimum atomic E-state index is 1.15. The molecule has 15 heavy (non-hydrogen) atoms. The molecule has 1 aromatic heterocycles. The number of hydrogen-bond acceptors (Lipinski definition) is 0. The summed E-state index contributed by atoms with van der Waals surface area (Å²) in [4.78, 5) is 0. The zero-order valence-electron chi connectivity index (χ0n) is 8.56. The van der Waals surface area contributed by atoms with Crippen molar-refractivity contribution in [3.63, 3.8) is 0 Å². The zero-order chi connectivity index (χ0) is 10.1. The lowest BCUT2D eigenvalue weighted by Gasteiger charge is -2.11. The highest BCUT2D eigenvalue weighted by molar-refractivity contribution is 5.40. The molecule has 0 fully saturated rings. The van der Waals surface area contributed by atoms with Gasteiger partial charge in [0.25, 0.3) is 0 Å². The summed E-state index contributed by atoms with van der Waals surface area (Å²) in [6.07, 6.45) is 6.57. The highest BCUT2D eigenvalue weighted by Crippen LogP contribution is 2.29. The SMILES string of the molecule is c1cc[n+]([C-]2CCc3ccccc32)cc1. The highest BCUT2D eigenvalue weighted by Gasteiger charge is 2.22. The number of aromatic nitrogens is 1. The first kappa shape index (κ1) is 8.54. The van der Waals surface area contributed by atoms with E-state index in [9.17, 15) is 0 Å². The number of rotatable bonds is 1. The second kappa shape index (κ2) is 3.43. The van der Waals surface area contributed by atoms with Crippen LogP contribution in [0.2, 0.25) is 0 Å². The smallest absolute Gasteiger partial charge is 0.117 e. The molecular formula is C14H13N. The fourth-order valence-electron chi connectivity index (χ4n) is 2.25. The standard InChI is InChI=1S/C14H13N/c1-4-10-15(11-5-1)14-9-8-12-6-2-3-7-13(12)14/h1-7,10-11H,8-9H2. The van der Waals surface area contributed by atoms with Gasteiger partial charge < -0.3 is 0 Å². The first-order valence-corrected chi connectivity index (χ1v) is 5.36. The minimum Gasteiger partial charge on any atom is -0.267 e. The fraction of sp³-hybridized carbons (Fsp3) is 0.143. The Morgan fingerprint density at radius 2 is 1.73 bits per heavy atom. The normalized spacial score (nSPS) is 14.0. The average molecular weight is 195 g/mol. The summed E-state index contributed by atoms with van der Waals surface area (Å²) in [6, 6.07) is 16.3. The lowest BCUT2D eigenvalue weighted by Crippen LogP contribution is -2.38. The van der Waals surface area contributed by atoms with Crippen molar-refractivity contribution in [2.75, 3.05) is 0 Å². The molecule has 0 aliphatic heterocycles. The molecule has 0 saturated carbocycles. The van der Waals surface area contributed by atoms with Gasteiger partial charge in [-0.2, -0.15) is 0 Å². The van der Waals surface area contributed by atoms with Crippen LogP contribution in [0.5, 0.6) is 0 Å². The van der Waals surface area contributed by atoms with Crippen molar-refractivity contribution in [3.05, 3.63) is 72.0 Å². The molecule has 1 aliphatic carbocycles. The van der Waals surface area contributed by atoms with E-state index in [1.54, 1.807) is 0 Å². The van der Waals surface area contributed by atoms with E-state index in [4.69, 9.17) is 0 Å². The molecule has 1 heterocycles. The van der Waals surface area contributed by atoms with Crippen LogP contribution in [-0.4, -0.2) is 0 Å². The largest absolute Gasteiger partial charge is 0.267 e. The number of nitrogens with zero attached hydrogens (tertiary/aromatic N) is 1. The molecule has 0 bridgehead atoms. The molecule has 0 atom stereocenters. The molecule has 1 aliphatic rings. The third-order valence-electron chi connectivity index (χ3n) is 2.99. The number of benzene rings is 1. The summed E-state index contributed by atoms with van der Waals surface area (Å²) < 4.78 is 2.23. The van der Waals surface area contributed by atoms with Gasteiger partial charge in [0.05, 0.1) is 0 Å². The summed E-state index contributed by atoms with van der Waals surface area (Å²) >= 11 is 0. The van der Waals surface area contributed by atoms with Gasteiger partial charge >= 0.3 is 0 Å². The number of fused-ring (bicyclic) bond motifs is 1. The molecular weight excluding hydrogens is 182 g/mol. The first-order chi connectivity index (χ1) is 7.45. The lowest BCUT2D eigenvalue weighted by molar-refractivity contribution is -0.652. The number of hydrogen-bond donors (Lipinski definition) is 0. The first-order valence-electron chi connectivity index (χ1n) is 5.36. The van der Waals surface area contributed by atoms with E-state index in [-0.39, 0.29) is 0 Å². The second-order valence-corrected chi connectivity index (χ2v) is 3.89. The summed E-state index contributed by atoms with van der Waals surface area (Å²) in [5.74, 6) is 0. The van der Waals surface area contributed by atoms with Crippen molar-refractivity contribution in [1.29, 1.82) is 0 Å². The van der Waals surface area contributed by atoms with Gasteiger partial charge in [0.2, 0.25) is 0 Å². The van der Waals surface area contributed by atoms with Crippen LogP contribution in [0, 0.1) is 6.04 Å². The van der Waals surface area contributed by atoms with Gasteiger partial charge in [-0.3, -0.25) is 4.57 Å². The fourth-order valence-corrected chi connectivity index (χ4v) is 2.25. The Balaban J connectivity index is 2.05. The van der Waals surface area contributed by atoms with E-state index in [2.05, 4.69) is 59.4 Å². The van der Waals surface area contributed by atoms with Crippen molar-refractivity contribution >= 4 is 0 Å². The molecule has 1 aromatic carbocycles. The summed E-state index contributed by atoms with van der Waals surface area (Å²) in [6.45, 7) is 0. The van der Waals surface area contributed by atoms with E-state index in [0.717, 1.165) is 6.42 Å². The highest BCUT2D eigenvalue weighted by atomic mass is 15.0. The Labute approximate surface area is 90.0 Å². The molecule has 0 radical (unpaired) electrons. The topological polar surface area (TPSA) is 3.88 Å². The molecule has 2 aromatic rings. The van der Waals surface area contributed by atoms with Gasteiger partial charge in [0, 0.05) is 6.42 Å². The van der Waals surface area contributed by atoms with Gasteiger partial charge in [-0.15, -0.1) is 6.07 Å². The van der Waals surface area contributed by atoms with Crippen molar-refractivity contribution in [2.24, 2.45) is 0 Å². The average Bonchev–Trinajstić information content (AvgIpc) is 2.74. The van der Waals surface area contributed by atoms with Crippen LogP contribution in [0.1, 0.15) is 17.5 Å². The molecule has 1 heteroatoms. The second-order valence-electron chi connectivity index (χ2n) is 3.89. The van der Waals surface area contributed by atoms with Crippen molar-refractivity contribution in [3.8, 4) is 0 Å². The molecule has 74 valence electrons. The zero-order valence-corrected chi connectivity index (χ0v) is 8.56. The number of pyridine rings is 1. The lowest BCUT2D eigenvalue weighted by atomic mass is 10.1. The Morgan fingerprint density at radius 1 is 0.933 bits per heavy atom. The van der Waals surface area contributed by atoms with Gasteiger partial charge in [0.1, 0.15) is 18.4 Å². The summed E-state index contributed by atoms with van der Waals surface area (Å²) in [5, 5.41) is 0. The predicted molar refractivity (Wildman–Crippen MR) is 59.1 cm³/mol. The van der Waals surface area contributed by atoms with Crippen molar-refractivity contribution < 1.29 is 4.57 Å². The van der Waals surface area contributed by atoms with E-state index in [0.29, 0.717) is 0 Å². The van der Waals surface area contributed by atoms with Gasteiger partial charge in [-0.05, 0) is 12.1 Å². The Hall–Kier alpha value is -1.76. The minimum absolute atomic E-state index is 1.15. The van der Waals surface area contributed by atoms with Gasteiger partial charge in [0.15, 0.2) is 0 Å². The van der Waals surface area contributed by atoms with Crippen molar-refractivity contribution in [1.82, 2.24) is 0 Å². The molecule has 0 spiro atoms. The van der Waals surface area contributed by atoms with Crippen LogP contribution in [0.25, 0.3) is 0 Å². The van der Waals surface area contributed by atoms with Crippen LogP contribution < -0.4 is 4.57 Å². The Morgan fingerprint density at radius 3 is 2.60 bits per heavy atom. The van der Waals surface area contributed by atoms with E-state index in [1.165, 1.54) is 23.6 Å². The third-order valence-corrected chi connectivity index (χ3v) is 2.99.